The Hall–Kier alpha value is -2.38. The van der Waals surface area contributed by atoms with Crippen LogP contribution in [0.2, 0.25) is 0 Å². The lowest BCUT2D eigenvalue weighted by Gasteiger charge is -2.14. The van der Waals surface area contributed by atoms with Gasteiger partial charge in [-0.05, 0) is 20.8 Å². The minimum Gasteiger partial charge on any atom is -0.462 e. The molecule has 0 unspecified atom stereocenters. The number of aromatic nitrogens is 2. The summed E-state index contributed by atoms with van der Waals surface area (Å²) in [5.41, 5.74) is 0.753. The molecule has 0 amide bonds. The van der Waals surface area contributed by atoms with E-state index in [0.29, 0.717) is 22.9 Å². The van der Waals surface area contributed by atoms with Gasteiger partial charge in [0, 0.05) is 12.1 Å². The van der Waals surface area contributed by atoms with Crippen molar-refractivity contribution < 1.29 is 23.0 Å². The lowest BCUT2D eigenvalue weighted by Crippen LogP contribution is -2.17. The molecular weight excluding hydrogens is 286 g/mol. The number of benzene rings is 1. The third-order valence-electron chi connectivity index (χ3n) is 2.60. The summed E-state index contributed by atoms with van der Waals surface area (Å²) >= 11 is 0. The van der Waals surface area contributed by atoms with E-state index in [1.165, 1.54) is 16.6 Å². The molecule has 5 rings (SSSR count). The van der Waals surface area contributed by atoms with Crippen LogP contribution in [0.5, 0.6) is 5.88 Å². The van der Waals surface area contributed by atoms with E-state index in [1.807, 2.05) is 20.8 Å². The van der Waals surface area contributed by atoms with E-state index in [9.17, 15) is 18.4 Å². The molecule has 21 heavy (non-hydrogen) atoms. The summed E-state index contributed by atoms with van der Waals surface area (Å²) < 4.78 is 34.1. The van der Waals surface area contributed by atoms with Crippen LogP contribution in [-0.4, -0.2) is 28.3 Å². The fraction of sp³-hybridized carbons (Fsp3) is 0.385. The Morgan fingerprint density at radius 2 is 1.86 bits per heavy atom. The number of halogens is 2. The van der Waals surface area contributed by atoms with Crippen molar-refractivity contribution in [1.29, 1.82) is 0 Å². The quantitative estimate of drug-likeness (QED) is 0.753. The van der Waals surface area contributed by atoms with Crippen molar-refractivity contribution in [3.63, 3.8) is 0 Å². The van der Waals surface area contributed by atoms with Crippen molar-refractivity contribution in [3.8, 4) is 5.88 Å². The maximum absolute atomic E-state index is 11.9. The second kappa shape index (κ2) is 5.19. The summed E-state index contributed by atoms with van der Waals surface area (Å²) in [5.74, 6) is 0.0185. The monoisotopic (exact) mass is 300 g/mol. The van der Waals surface area contributed by atoms with Gasteiger partial charge in [0.05, 0.1) is 16.4 Å². The first-order valence-corrected chi connectivity index (χ1v) is 6.08. The smallest absolute Gasteiger partial charge is 0.388 e. The number of nitrogens with one attached hydrogen (secondary N) is 1. The Morgan fingerprint density at radius 3 is 2.24 bits per heavy atom. The first-order chi connectivity index (χ1) is 9.73. The molecule has 0 aliphatic carbocycles. The van der Waals surface area contributed by atoms with Gasteiger partial charge in [0.2, 0.25) is 5.88 Å². The van der Waals surface area contributed by atoms with Crippen LogP contribution < -0.4 is 10.2 Å². The van der Waals surface area contributed by atoms with Gasteiger partial charge < -0.3 is 9.47 Å². The van der Waals surface area contributed by atoms with Crippen molar-refractivity contribution in [2.45, 2.75) is 33.0 Å². The van der Waals surface area contributed by atoms with E-state index in [0.717, 1.165) is 0 Å². The zero-order valence-electron chi connectivity index (χ0n) is 11.6. The molecule has 5 aromatic rings. The number of carbonyl (C=O) groups excluding carboxylic acids is 1. The number of pyridine rings is 1. The number of aromatic amines is 1. The van der Waals surface area contributed by atoms with Gasteiger partial charge in [0.1, 0.15) is 5.60 Å². The number of ether oxygens (including phenoxy) is 2. The van der Waals surface area contributed by atoms with Gasteiger partial charge in [-0.2, -0.15) is 8.78 Å². The lowest BCUT2D eigenvalue weighted by molar-refractivity contribution is -0.138. The van der Waals surface area contributed by atoms with Gasteiger partial charge in [-0.3, -0.25) is 19.2 Å². The molecule has 0 atom stereocenters. The maximum atomic E-state index is 11.9. The predicted octanol–water partition coefficient (Wildman–Crippen LogP) is 2.22. The second-order valence-electron chi connectivity index (χ2n) is 5.32. The van der Waals surface area contributed by atoms with E-state index in [4.69, 9.17) is 0 Å². The molecule has 0 aliphatic rings. The molecule has 4 aromatic heterocycles. The Balaban J connectivity index is 0.000000199. The summed E-state index contributed by atoms with van der Waals surface area (Å²) in [4.78, 5) is 20.5. The molecular formula is C13H14F2N2O4. The molecule has 114 valence electrons. The Bertz CT molecular complexity index is 736. The molecule has 0 spiro atoms. The molecule has 0 radical (unpaired) electrons. The summed E-state index contributed by atoms with van der Waals surface area (Å²) in [6.45, 7) is 3.06. The highest BCUT2D eigenvalue weighted by Gasteiger charge is 2.22. The number of H-pyrrole nitrogens is 1. The van der Waals surface area contributed by atoms with Crippen LogP contribution in [0.3, 0.4) is 0 Å². The molecule has 4 heterocycles. The van der Waals surface area contributed by atoms with Crippen LogP contribution in [-0.2, 0) is 9.53 Å². The SMILES string of the molecule is CC(C)(C)OC=O.O=c1cc2c3c(OC(F)F)[nH]n2c3c1. The van der Waals surface area contributed by atoms with E-state index >= 15 is 0 Å². The number of fused-ring (bicyclic) bond motifs is 3. The van der Waals surface area contributed by atoms with Crippen molar-refractivity contribution in [2.24, 2.45) is 0 Å². The maximum Gasteiger partial charge on any atom is 0.388 e. The Kier molecular flexibility index (Phi) is 3.71. The Morgan fingerprint density at radius 1 is 1.29 bits per heavy atom. The summed E-state index contributed by atoms with van der Waals surface area (Å²) in [6, 6.07) is 2.74. The van der Waals surface area contributed by atoms with Crippen LogP contribution in [0, 0.1) is 0 Å². The minimum atomic E-state index is -2.86. The molecule has 6 nitrogen and oxygen atoms in total. The molecule has 0 saturated heterocycles. The number of hydrogen-bond donors (Lipinski definition) is 1. The summed E-state index contributed by atoms with van der Waals surface area (Å²) in [7, 11) is 0. The number of alkyl halides is 2. The van der Waals surface area contributed by atoms with Crippen molar-refractivity contribution >= 4 is 22.9 Å². The average Bonchev–Trinajstić information content (AvgIpc) is 2.84. The molecule has 4 bridgehead atoms. The molecule has 0 fully saturated rings. The normalized spacial score (nSPS) is 11.9. The zero-order valence-corrected chi connectivity index (χ0v) is 11.6. The minimum absolute atomic E-state index is 0.0185. The fourth-order valence-corrected chi connectivity index (χ4v) is 1.85. The lowest BCUT2D eigenvalue weighted by atomic mass is 10.2. The van der Waals surface area contributed by atoms with Gasteiger partial charge in [0.25, 0.3) is 6.47 Å². The summed E-state index contributed by atoms with van der Waals surface area (Å²) in [5, 5.41) is 3.16. The number of nitrogens with zero attached hydrogens (tertiary/aromatic N) is 1. The van der Waals surface area contributed by atoms with Crippen LogP contribution >= 0.6 is 0 Å². The molecule has 0 aliphatic heterocycles. The largest absolute Gasteiger partial charge is 0.462 e. The topological polar surface area (TPSA) is 72.8 Å². The number of rotatable bonds is 3. The zero-order chi connectivity index (χ0) is 15.8. The highest BCUT2D eigenvalue weighted by atomic mass is 19.3. The van der Waals surface area contributed by atoms with Crippen LogP contribution in [0.15, 0.2) is 16.9 Å². The van der Waals surface area contributed by atoms with Gasteiger partial charge in [-0.15, -0.1) is 0 Å². The first-order valence-electron chi connectivity index (χ1n) is 6.08. The summed E-state index contributed by atoms with van der Waals surface area (Å²) in [6.07, 6.45) is 0. The Labute approximate surface area is 117 Å². The average molecular weight is 300 g/mol. The molecule has 1 aromatic carbocycles. The van der Waals surface area contributed by atoms with Crippen molar-refractivity contribution in [1.82, 2.24) is 9.61 Å². The fourth-order valence-electron chi connectivity index (χ4n) is 1.85. The molecule has 8 heteroatoms. The third-order valence-corrected chi connectivity index (χ3v) is 2.60. The number of carbonyl (C=O) groups is 1. The highest BCUT2D eigenvalue weighted by Crippen LogP contribution is 2.35. The van der Waals surface area contributed by atoms with Crippen LogP contribution in [0.25, 0.3) is 16.4 Å². The van der Waals surface area contributed by atoms with Gasteiger partial charge in [-0.25, -0.2) is 0 Å². The van der Waals surface area contributed by atoms with Crippen molar-refractivity contribution in [2.75, 3.05) is 0 Å². The molecule has 0 saturated carbocycles. The third kappa shape index (κ3) is 3.04. The van der Waals surface area contributed by atoms with Gasteiger partial charge in [0.15, 0.2) is 5.43 Å². The first kappa shape index (κ1) is 15.0. The van der Waals surface area contributed by atoms with E-state index in [2.05, 4.69) is 14.6 Å². The highest BCUT2D eigenvalue weighted by molar-refractivity contribution is 6.06. The van der Waals surface area contributed by atoms with Gasteiger partial charge >= 0.3 is 6.61 Å². The van der Waals surface area contributed by atoms with E-state index in [-0.39, 0.29) is 16.9 Å². The predicted molar refractivity (Wildman–Crippen MR) is 71.4 cm³/mol. The number of hydrogen-bond acceptors (Lipinski definition) is 4. The standard InChI is InChI=1S/C8H4F2N2O2.C5H10O2/c9-8(10)14-7-6-4-1-3(13)2-5(6)12(4)11-7;1-5(2,3)7-4-6/h1-2,8,11H;4H,1-3H3. The van der Waals surface area contributed by atoms with Crippen molar-refractivity contribution in [3.05, 3.63) is 22.4 Å². The van der Waals surface area contributed by atoms with Gasteiger partial charge in [-0.1, -0.05) is 0 Å². The van der Waals surface area contributed by atoms with E-state index < -0.39 is 6.61 Å². The second-order valence-corrected chi connectivity index (χ2v) is 5.32. The molecule has 1 N–H and O–H groups in total. The van der Waals surface area contributed by atoms with Crippen LogP contribution in [0.1, 0.15) is 20.8 Å². The van der Waals surface area contributed by atoms with Crippen LogP contribution in [0.4, 0.5) is 8.78 Å². The van der Waals surface area contributed by atoms with E-state index in [1.54, 1.807) is 0 Å².